The number of nitrogens with zero attached hydrogens (tertiary/aromatic N) is 1. The maximum Gasteiger partial charge on any atom is 0.246 e. The number of carbonyl (C=O) groups excluding carboxylic acids is 1. The number of likely N-dealkylation sites (tertiary alicyclic amines) is 1. The summed E-state index contributed by atoms with van der Waals surface area (Å²) >= 11 is 0. The Labute approximate surface area is 139 Å². The van der Waals surface area contributed by atoms with E-state index in [0.717, 1.165) is 50.1 Å². The van der Waals surface area contributed by atoms with Crippen LogP contribution in [0.25, 0.3) is 6.08 Å². The number of rotatable bonds is 6. The van der Waals surface area contributed by atoms with E-state index in [0.29, 0.717) is 0 Å². The second-order valence-electron chi connectivity index (χ2n) is 5.96. The zero-order valence-electron chi connectivity index (χ0n) is 14.3. The van der Waals surface area contributed by atoms with Crippen LogP contribution in [0.15, 0.2) is 42.0 Å². The minimum absolute atomic E-state index is 0.140. The molecule has 0 bridgehead atoms. The number of hydrogen-bond acceptors (Lipinski definition) is 2. The highest BCUT2D eigenvalue weighted by atomic mass is 16.5. The Morgan fingerprint density at radius 3 is 2.43 bits per heavy atom. The Morgan fingerprint density at radius 2 is 1.83 bits per heavy atom. The van der Waals surface area contributed by atoms with Gasteiger partial charge in [0.1, 0.15) is 5.75 Å². The lowest BCUT2D eigenvalue weighted by molar-refractivity contribution is -0.126. The zero-order valence-corrected chi connectivity index (χ0v) is 14.3. The van der Waals surface area contributed by atoms with Gasteiger partial charge in [0, 0.05) is 19.2 Å². The number of hydrogen-bond donors (Lipinski definition) is 0. The quantitative estimate of drug-likeness (QED) is 0.574. The van der Waals surface area contributed by atoms with Gasteiger partial charge >= 0.3 is 0 Å². The Balaban J connectivity index is 2.05. The van der Waals surface area contributed by atoms with Crippen molar-refractivity contribution in [2.24, 2.45) is 0 Å². The molecule has 3 heteroatoms. The van der Waals surface area contributed by atoms with Crippen LogP contribution in [0.5, 0.6) is 5.75 Å². The molecule has 0 N–H and O–H groups in total. The van der Waals surface area contributed by atoms with Crippen LogP contribution in [0.1, 0.15) is 44.6 Å². The molecule has 0 atom stereocenters. The van der Waals surface area contributed by atoms with Crippen molar-refractivity contribution in [2.75, 3.05) is 20.2 Å². The second kappa shape index (κ2) is 9.19. The van der Waals surface area contributed by atoms with Gasteiger partial charge in [0.15, 0.2) is 0 Å². The van der Waals surface area contributed by atoms with Gasteiger partial charge in [-0.2, -0.15) is 0 Å². The molecule has 1 aliphatic heterocycles. The molecule has 0 saturated carbocycles. The maximum absolute atomic E-state index is 12.2. The van der Waals surface area contributed by atoms with Gasteiger partial charge in [0.25, 0.3) is 0 Å². The lowest BCUT2D eigenvalue weighted by atomic mass is 10.1. The fourth-order valence-corrected chi connectivity index (χ4v) is 2.80. The van der Waals surface area contributed by atoms with Crippen molar-refractivity contribution in [3.05, 3.63) is 47.6 Å². The van der Waals surface area contributed by atoms with E-state index in [2.05, 4.69) is 13.0 Å². The maximum atomic E-state index is 12.2. The van der Waals surface area contributed by atoms with Gasteiger partial charge in [-0.15, -0.1) is 0 Å². The largest absolute Gasteiger partial charge is 0.497 e. The molecule has 0 spiro atoms. The van der Waals surface area contributed by atoms with Crippen molar-refractivity contribution >= 4 is 12.0 Å². The van der Waals surface area contributed by atoms with Gasteiger partial charge in [-0.1, -0.05) is 37.6 Å². The number of allylic oxidation sites excluding steroid dienone is 2. The fraction of sp³-hybridized carbons (Fsp3) is 0.450. The molecule has 124 valence electrons. The van der Waals surface area contributed by atoms with Gasteiger partial charge in [-0.25, -0.2) is 0 Å². The fourth-order valence-electron chi connectivity index (χ4n) is 2.80. The van der Waals surface area contributed by atoms with Crippen molar-refractivity contribution in [3.8, 4) is 5.75 Å². The highest BCUT2D eigenvalue weighted by Crippen LogP contribution is 2.17. The minimum atomic E-state index is 0.140. The molecule has 3 nitrogen and oxygen atoms in total. The molecular formula is C20H27NO2. The van der Waals surface area contributed by atoms with Crippen LogP contribution in [0, 0.1) is 0 Å². The van der Waals surface area contributed by atoms with E-state index in [-0.39, 0.29) is 5.91 Å². The van der Waals surface area contributed by atoms with Gasteiger partial charge in [-0.3, -0.25) is 4.79 Å². The second-order valence-corrected chi connectivity index (χ2v) is 5.96. The molecule has 23 heavy (non-hydrogen) atoms. The van der Waals surface area contributed by atoms with E-state index in [1.54, 1.807) is 13.2 Å². The van der Waals surface area contributed by atoms with E-state index in [4.69, 9.17) is 4.74 Å². The zero-order chi connectivity index (χ0) is 16.5. The molecule has 0 radical (unpaired) electrons. The Bertz CT molecular complexity index is 552. The topological polar surface area (TPSA) is 29.5 Å². The number of ether oxygens (including phenoxy) is 1. The van der Waals surface area contributed by atoms with Crippen molar-refractivity contribution in [1.82, 2.24) is 4.90 Å². The first kappa shape index (κ1) is 17.3. The van der Waals surface area contributed by atoms with Crippen molar-refractivity contribution in [1.29, 1.82) is 0 Å². The first-order valence-corrected chi connectivity index (χ1v) is 8.54. The summed E-state index contributed by atoms with van der Waals surface area (Å²) in [6.07, 6.45) is 11.4. The van der Waals surface area contributed by atoms with Crippen LogP contribution in [-0.2, 0) is 4.79 Å². The third-order valence-corrected chi connectivity index (χ3v) is 4.11. The minimum Gasteiger partial charge on any atom is -0.497 e. The molecule has 2 rings (SSSR count). The summed E-state index contributed by atoms with van der Waals surface area (Å²) < 4.78 is 5.18. The SMILES string of the molecule is CCCC(/C=C/C(=O)N1CCCCC1)=C\c1ccc(OC)cc1. The number of benzene rings is 1. The van der Waals surface area contributed by atoms with Crippen LogP contribution in [0.3, 0.4) is 0 Å². The standard InChI is InChI=1S/C20H27NO2/c1-3-7-17(16-18-8-11-19(23-2)12-9-18)10-13-20(22)21-14-5-4-6-15-21/h8-13,16H,3-7,14-15H2,1-2H3/b13-10+,17-16+. The predicted molar refractivity (Wildman–Crippen MR) is 95.5 cm³/mol. The molecule has 0 unspecified atom stereocenters. The van der Waals surface area contributed by atoms with Crippen LogP contribution >= 0.6 is 0 Å². The average molecular weight is 313 g/mol. The summed E-state index contributed by atoms with van der Waals surface area (Å²) in [5.41, 5.74) is 2.31. The first-order valence-electron chi connectivity index (χ1n) is 8.54. The van der Waals surface area contributed by atoms with Crippen LogP contribution in [0.2, 0.25) is 0 Å². The smallest absolute Gasteiger partial charge is 0.246 e. The Morgan fingerprint density at radius 1 is 1.13 bits per heavy atom. The molecule has 1 amide bonds. The summed E-state index contributed by atoms with van der Waals surface area (Å²) in [6.45, 7) is 3.95. The van der Waals surface area contributed by atoms with Crippen molar-refractivity contribution in [3.63, 3.8) is 0 Å². The summed E-state index contributed by atoms with van der Waals surface area (Å²) in [4.78, 5) is 14.2. The number of piperidine rings is 1. The number of methoxy groups -OCH3 is 1. The number of carbonyl (C=O) groups is 1. The van der Waals surface area contributed by atoms with Gasteiger partial charge < -0.3 is 9.64 Å². The van der Waals surface area contributed by atoms with Crippen LogP contribution in [-0.4, -0.2) is 31.0 Å². The van der Waals surface area contributed by atoms with Crippen LogP contribution < -0.4 is 4.74 Å². The summed E-state index contributed by atoms with van der Waals surface area (Å²) in [5.74, 6) is 0.997. The third-order valence-electron chi connectivity index (χ3n) is 4.11. The molecule has 1 saturated heterocycles. The molecule has 1 aromatic carbocycles. The predicted octanol–water partition coefficient (Wildman–Crippen LogP) is 4.45. The molecule has 1 heterocycles. The number of amides is 1. The van der Waals surface area contributed by atoms with E-state index in [1.807, 2.05) is 35.2 Å². The van der Waals surface area contributed by atoms with E-state index >= 15 is 0 Å². The lowest BCUT2D eigenvalue weighted by Gasteiger charge is -2.25. The first-order chi connectivity index (χ1) is 11.2. The average Bonchev–Trinajstić information content (AvgIpc) is 2.61. The summed E-state index contributed by atoms with van der Waals surface area (Å²) in [7, 11) is 1.67. The summed E-state index contributed by atoms with van der Waals surface area (Å²) in [5, 5.41) is 0. The molecule has 0 aliphatic carbocycles. The highest BCUT2D eigenvalue weighted by Gasteiger charge is 2.13. The molecular weight excluding hydrogens is 286 g/mol. The van der Waals surface area contributed by atoms with Gasteiger partial charge in [0.2, 0.25) is 5.91 Å². The molecule has 1 aromatic rings. The molecule has 1 aliphatic rings. The monoisotopic (exact) mass is 313 g/mol. The third kappa shape index (κ3) is 5.59. The molecule has 1 fully saturated rings. The van der Waals surface area contributed by atoms with Gasteiger partial charge in [-0.05, 0) is 49.0 Å². The lowest BCUT2D eigenvalue weighted by Crippen LogP contribution is -2.34. The Hall–Kier alpha value is -2.03. The highest BCUT2D eigenvalue weighted by molar-refractivity contribution is 5.88. The Kier molecular flexibility index (Phi) is 6.92. The van der Waals surface area contributed by atoms with Crippen molar-refractivity contribution in [2.45, 2.75) is 39.0 Å². The normalized spacial score (nSPS) is 15.9. The summed E-state index contributed by atoms with van der Waals surface area (Å²) in [6, 6.07) is 7.99. The van der Waals surface area contributed by atoms with E-state index in [9.17, 15) is 4.79 Å². The van der Waals surface area contributed by atoms with E-state index in [1.165, 1.54) is 12.0 Å². The van der Waals surface area contributed by atoms with Crippen LogP contribution in [0.4, 0.5) is 0 Å². The molecule has 0 aromatic heterocycles. The van der Waals surface area contributed by atoms with E-state index < -0.39 is 0 Å². The van der Waals surface area contributed by atoms with Gasteiger partial charge in [0.05, 0.1) is 7.11 Å². The van der Waals surface area contributed by atoms with Crippen molar-refractivity contribution < 1.29 is 9.53 Å².